The lowest BCUT2D eigenvalue weighted by atomic mass is 9.97. The molecule has 0 aromatic carbocycles. The summed E-state index contributed by atoms with van der Waals surface area (Å²) in [5.41, 5.74) is 5.93. The molecular formula is C11H24N2O. The van der Waals surface area contributed by atoms with E-state index in [1.54, 1.807) is 7.11 Å². The summed E-state index contributed by atoms with van der Waals surface area (Å²) in [4.78, 5) is 2.49. The summed E-state index contributed by atoms with van der Waals surface area (Å²) in [6.45, 7) is 6.54. The molecule has 1 unspecified atom stereocenters. The monoisotopic (exact) mass is 200 g/mol. The van der Waals surface area contributed by atoms with Gasteiger partial charge in [-0.05, 0) is 38.3 Å². The summed E-state index contributed by atoms with van der Waals surface area (Å²) in [5, 5.41) is 0. The van der Waals surface area contributed by atoms with E-state index in [-0.39, 0.29) is 0 Å². The molecular weight excluding hydrogens is 176 g/mol. The second-order valence-corrected chi connectivity index (χ2v) is 4.37. The van der Waals surface area contributed by atoms with E-state index in [0.717, 1.165) is 25.5 Å². The summed E-state index contributed by atoms with van der Waals surface area (Å²) in [6.07, 6.45) is 3.62. The molecule has 1 heterocycles. The number of hydrogen-bond acceptors (Lipinski definition) is 3. The van der Waals surface area contributed by atoms with Crippen LogP contribution in [-0.2, 0) is 4.74 Å². The van der Waals surface area contributed by atoms with Gasteiger partial charge in [0.2, 0.25) is 0 Å². The number of nitrogens with two attached hydrogens (primary N) is 1. The van der Waals surface area contributed by atoms with E-state index in [1.807, 2.05) is 0 Å². The Morgan fingerprint density at radius 3 is 2.57 bits per heavy atom. The Morgan fingerprint density at radius 1 is 1.43 bits per heavy atom. The first-order chi connectivity index (χ1) is 6.76. The molecule has 0 bridgehead atoms. The van der Waals surface area contributed by atoms with Gasteiger partial charge in [0.05, 0.1) is 0 Å². The standard InChI is InChI=1S/C11H24N2O/c1-3-11(12)8-13-6-4-10(5-7-13)9-14-2/h10-11H,3-9,12H2,1-2H3. The molecule has 2 N–H and O–H groups in total. The predicted molar refractivity (Wildman–Crippen MR) is 59.3 cm³/mol. The van der Waals surface area contributed by atoms with Gasteiger partial charge < -0.3 is 15.4 Å². The maximum Gasteiger partial charge on any atom is 0.0491 e. The number of likely N-dealkylation sites (tertiary alicyclic amines) is 1. The minimum absolute atomic E-state index is 0.356. The van der Waals surface area contributed by atoms with Crippen molar-refractivity contribution in [3.05, 3.63) is 0 Å². The molecule has 1 fully saturated rings. The molecule has 1 aliphatic rings. The van der Waals surface area contributed by atoms with Gasteiger partial charge in [-0.15, -0.1) is 0 Å². The van der Waals surface area contributed by atoms with E-state index in [1.165, 1.54) is 25.9 Å². The highest BCUT2D eigenvalue weighted by Gasteiger charge is 2.19. The SMILES string of the molecule is CCC(N)CN1CCC(COC)CC1. The summed E-state index contributed by atoms with van der Waals surface area (Å²) >= 11 is 0. The van der Waals surface area contributed by atoms with E-state index in [9.17, 15) is 0 Å². The van der Waals surface area contributed by atoms with Crippen molar-refractivity contribution < 1.29 is 4.74 Å². The second kappa shape index (κ2) is 6.38. The first kappa shape index (κ1) is 12.0. The molecule has 1 aliphatic heterocycles. The summed E-state index contributed by atoms with van der Waals surface area (Å²) in [6, 6.07) is 0.356. The van der Waals surface area contributed by atoms with E-state index in [4.69, 9.17) is 10.5 Å². The van der Waals surface area contributed by atoms with Gasteiger partial charge in [-0.1, -0.05) is 6.92 Å². The highest BCUT2D eigenvalue weighted by atomic mass is 16.5. The molecule has 0 aliphatic carbocycles. The van der Waals surface area contributed by atoms with Crippen LogP contribution in [0.15, 0.2) is 0 Å². The fourth-order valence-electron chi connectivity index (χ4n) is 2.03. The van der Waals surface area contributed by atoms with Crippen molar-refractivity contribution in [1.82, 2.24) is 4.90 Å². The quantitative estimate of drug-likeness (QED) is 0.722. The van der Waals surface area contributed by atoms with Crippen molar-refractivity contribution in [2.45, 2.75) is 32.2 Å². The summed E-state index contributed by atoms with van der Waals surface area (Å²) in [5.74, 6) is 0.772. The zero-order valence-corrected chi connectivity index (χ0v) is 9.54. The van der Waals surface area contributed by atoms with Crippen LogP contribution in [0.1, 0.15) is 26.2 Å². The average Bonchev–Trinajstić information content (AvgIpc) is 2.21. The third-order valence-corrected chi connectivity index (χ3v) is 3.13. The second-order valence-electron chi connectivity index (χ2n) is 4.37. The number of hydrogen-bond donors (Lipinski definition) is 1. The fourth-order valence-corrected chi connectivity index (χ4v) is 2.03. The summed E-state index contributed by atoms with van der Waals surface area (Å²) < 4.78 is 5.18. The maximum absolute atomic E-state index is 5.93. The highest BCUT2D eigenvalue weighted by Crippen LogP contribution is 2.17. The first-order valence-electron chi connectivity index (χ1n) is 5.73. The van der Waals surface area contributed by atoms with Gasteiger partial charge in [0, 0.05) is 26.3 Å². The lowest BCUT2D eigenvalue weighted by Crippen LogP contribution is -2.42. The number of rotatable bonds is 5. The molecule has 14 heavy (non-hydrogen) atoms. The molecule has 3 nitrogen and oxygen atoms in total. The van der Waals surface area contributed by atoms with E-state index < -0.39 is 0 Å². The van der Waals surface area contributed by atoms with Crippen molar-refractivity contribution in [2.75, 3.05) is 33.4 Å². The third-order valence-electron chi connectivity index (χ3n) is 3.13. The third kappa shape index (κ3) is 3.95. The summed E-state index contributed by atoms with van der Waals surface area (Å²) in [7, 11) is 1.79. The van der Waals surface area contributed by atoms with Crippen LogP contribution >= 0.6 is 0 Å². The van der Waals surface area contributed by atoms with Crippen LogP contribution in [-0.4, -0.2) is 44.3 Å². The van der Waals surface area contributed by atoms with Crippen LogP contribution in [0.5, 0.6) is 0 Å². The van der Waals surface area contributed by atoms with Crippen molar-refractivity contribution in [1.29, 1.82) is 0 Å². The van der Waals surface area contributed by atoms with E-state index in [2.05, 4.69) is 11.8 Å². The molecule has 0 radical (unpaired) electrons. The van der Waals surface area contributed by atoms with Gasteiger partial charge in [-0.2, -0.15) is 0 Å². The molecule has 0 aromatic heterocycles. The molecule has 1 saturated heterocycles. The smallest absolute Gasteiger partial charge is 0.0491 e. The minimum Gasteiger partial charge on any atom is -0.384 e. The molecule has 1 rings (SSSR count). The van der Waals surface area contributed by atoms with Gasteiger partial charge in [0.25, 0.3) is 0 Å². The first-order valence-corrected chi connectivity index (χ1v) is 5.73. The van der Waals surface area contributed by atoms with Crippen molar-refractivity contribution in [2.24, 2.45) is 11.7 Å². The highest BCUT2D eigenvalue weighted by molar-refractivity contribution is 4.75. The van der Waals surface area contributed by atoms with Crippen LogP contribution in [0, 0.1) is 5.92 Å². The Morgan fingerprint density at radius 2 is 2.07 bits per heavy atom. The molecule has 0 aromatic rings. The lowest BCUT2D eigenvalue weighted by molar-refractivity contribution is 0.0969. The topological polar surface area (TPSA) is 38.5 Å². The van der Waals surface area contributed by atoms with Crippen molar-refractivity contribution in [3.63, 3.8) is 0 Å². The van der Waals surface area contributed by atoms with E-state index in [0.29, 0.717) is 6.04 Å². The van der Waals surface area contributed by atoms with Gasteiger partial charge >= 0.3 is 0 Å². The van der Waals surface area contributed by atoms with Gasteiger partial charge in [0.15, 0.2) is 0 Å². The fraction of sp³-hybridized carbons (Fsp3) is 1.00. The Bertz CT molecular complexity index is 144. The maximum atomic E-state index is 5.93. The molecule has 0 amide bonds. The normalized spacial score (nSPS) is 22.5. The zero-order valence-electron chi connectivity index (χ0n) is 9.54. The Labute approximate surface area is 87.6 Å². The van der Waals surface area contributed by atoms with Crippen LogP contribution in [0.4, 0.5) is 0 Å². The Balaban J connectivity index is 2.15. The van der Waals surface area contributed by atoms with Crippen molar-refractivity contribution in [3.8, 4) is 0 Å². The Hall–Kier alpha value is -0.120. The van der Waals surface area contributed by atoms with Crippen LogP contribution in [0.3, 0.4) is 0 Å². The minimum atomic E-state index is 0.356. The molecule has 84 valence electrons. The molecule has 1 atom stereocenters. The van der Waals surface area contributed by atoms with Crippen LogP contribution in [0.2, 0.25) is 0 Å². The largest absolute Gasteiger partial charge is 0.384 e. The zero-order chi connectivity index (χ0) is 10.4. The number of methoxy groups -OCH3 is 1. The molecule has 3 heteroatoms. The number of piperidine rings is 1. The van der Waals surface area contributed by atoms with E-state index >= 15 is 0 Å². The average molecular weight is 200 g/mol. The lowest BCUT2D eigenvalue weighted by Gasteiger charge is -2.32. The predicted octanol–water partition coefficient (Wildman–Crippen LogP) is 1.08. The van der Waals surface area contributed by atoms with Gasteiger partial charge in [-0.3, -0.25) is 0 Å². The van der Waals surface area contributed by atoms with Crippen molar-refractivity contribution >= 4 is 0 Å². The van der Waals surface area contributed by atoms with Gasteiger partial charge in [-0.25, -0.2) is 0 Å². The number of ether oxygens (including phenoxy) is 1. The van der Waals surface area contributed by atoms with Gasteiger partial charge in [0.1, 0.15) is 0 Å². The molecule has 0 spiro atoms. The molecule has 0 saturated carbocycles. The number of nitrogens with zero attached hydrogens (tertiary/aromatic N) is 1. The Kier molecular flexibility index (Phi) is 5.45. The van der Waals surface area contributed by atoms with Crippen LogP contribution in [0.25, 0.3) is 0 Å². The van der Waals surface area contributed by atoms with Crippen LogP contribution < -0.4 is 5.73 Å².